The highest BCUT2D eigenvalue weighted by Crippen LogP contribution is 2.39. The minimum Gasteiger partial charge on any atom is -0.479 e. The number of aromatic nitrogens is 4. The third-order valence-electron chi connectivity index (χ3n) is 5.49. The van der Waals surface area contributed by atoms with Crippen LogP contribution in [0, 0.1) is 5.92 Å². The van der Waals surface area contributed by atoms with E-state index in [2.05, 4.69) is 15.0 Å². The molecule has 2 fully saturated rings. The number of nitrogens with two attached hydrogens (primary N) is 1. The molecule has 31 heavy (non-hydrogen) atoms. The van der Waals surface area contributed by atoms with Gasteiger partial charge >= 0.3 is 11.9 Å². The highest BCUT2D eigenvalue weighted by molar-refractivity contribution is 6.28. The molecule has 1 aliphatic carbocycles. The number of rotatable bonds is 8. The predicted molar refractivity (Wildman–Crippen MR) is 102 cm³/mol. The monoisotopic (exact) mass is 457 g/mol. The number of hydrogen-bond acceptors (Lipinski definition) is 10. The van der Waals surface area contributed by atoms with E-state index in [0.29, 0.717) is 0 Å². The number of ether oxygens (including phenoxy) is 2. The molecule has 1 saturated carbocycles. The first-order chi connectivity index (χ1) is 14.6. The number of halogens is 1. The number of carboxylic acid groups (broad SMARTS) is 2. The Morgan fingerprint density at radius 2 is 1.94 bits per heavy atom. The summed E-state index contributed by atoms with van der Waals surface area (Å²) in [5.41, 5.74) is 3.64. The molecule has 14 heteroatoms. The van der Waals surface area contributed by atoms with Gasteiger partial charge in [0.15, 0.2) is 17.7 Å². The van der Waals surface area contributed by atoms with Gasteiger partial charge in [0.2, 0.25) is 5.28 Å². The summed E-state index contributed by atoms with van der Waals surface area (Å²) in [6, 6.07) is 0. The lowest BCUT2D eigenvalue weighted by Crippen LogP contribution is -2.51. The van der Waals surface area contributed by atoms with Gasteiger partial charge in [0.25, 0.3) is 5.60 Å². The van der Waals surface area contributed by atoms with E-state index in [4.69, 9.17) is 26.8 Å². The van der Waals surface area contributed by atoms with Crippen LogP contribution in [-0.4, -0.2) is 82.4 Å². The summed E-state index contributed by atoms with van der Waals surface area (Å²) in [7, 11) is 0. The average molecular weight is 458 g/mol. The largest absolute Gasteiger partial charge is 0.479 e. The standard InChI is InChI=1S/C17H20ClN5O8/c18-16-21-11(19)8-12(22-16)23(5-20-8)13-10(25)9(24)7(31-13)4-30-17(14(26)27,15(28)29)3-6-1-2-6/h5-7,9-10,13,24-25H,1-4H2,(H,26,27)(H,28,29)(H2,19,21,22)/t7-,9+,10-,13-/m1/s1. The number of nitrogens with zero attached hydrogens (tertiary/aromatic N) is 4. The van der Waals surface area contributed by atoms with Crippen molar-refractivity contribution < 1.29 is 39.5 Å². The molecule has 0 amide bonds. The number of anilines is 1. The summed E-state index contributed by atoms with van der Waals surface area (Å²) in [5, 5.41) is 39.8. The van der Waals surface area contributed by atoms with E-state index in [1.165, 1.54) is 10.9 Å². The maximum atomic E-state index is 11.7. The Bertz CT molecular complexity index is 1010. The summed E-state index contributed by atoms with van der Waals surface area (Å²) < 4.78 is 12.3. The predicted octanol–water partition coefficient (Wildman–Crippen LogP) is -0.594. The highest BCUT2D eigenvalue weighted by Gasteiger charge is 2.53. The van der Waals surface area contributed by atoms with Gasteiger partial charge in [-0.15, -0.1) is 0 Å². The van der Waals surface area contributed by atoms with Crippen molar-refractivity contribution in [3.63, 3.8) is 0 Å². The molecular weight excluding hydrogens is 438 g/mol. The van der Waals surface area contributed by atoms with Crippen molar-refractivity contribution in [1.29, 1.82) is 0 Å². The van der Waals surface area contributed by atoms with E-state index in [1.54, 1.807) is 0 Å². The minimum absolute atomic E-state index is 0.00874. The lowest BCUT2D eigenvalue weighted by atomic mass is 9.96. The Hall–Kier alpha value is -2.58. The first kappa shape index (κ1) is 21.6. The fourth-order valence-electron chi connectivity index (χ4n) is 3.60. The summed E-state index contributed by atoms with van der Waals surface area (Å²) >= 11 is 5.83. The van der Waals surface area contributed by atoms with Gasteiger partial charge in [-0.3, -0.25) is 4.57 Å². The fourth-order valence-corrected chi connectivity index (χ4v) is 3.77. The molecule has 0 unspecified atom stereocenters. The number of carbonyl (C=O) groups is 2. The minimum atomic E-state index is -2.47. The third-order valence-corrected chi connectivity index (χ3v) is 5.66. The van der Waals surface area contributed by atoms with Gasteiger partial charge in [0.1, 0.15) is 23.8 Å². The summed E-state index contributed by atoms with van der Waals surface area (Å²) in [6.45, 7) is -0.579. The van der Waals surface area contributed by atoms with Crippen molar-refractivity contribution >= 4 is 40.5 Å². The molecule has 1 saturated heterocycles. The Morgan fingerprint density at radius 3 is 2.55 bits per heavy atom. The maximum absolute atomic E-state index is 11.7. The first-order valence-electron chi connectivity index (χ1n) is 9.42. The molecule has 6 N–H and O–H groups in total. The van der Waals surface area contributed by atoms with E-state index in [1.807, 2.05) is 0 Å². The van der Waals surface area contributed by atoms with Crippen LogP contribution in [0.1, 0.15) is 25.5 Å². The number of aliphatic hydroxyl groups is 2. The quantitative estimate of drug-likeness (QED) is 0.249. The Morgan fingerprint density at radius 1 is 1.26 bits per heavy atom. The number of nitrogen functional groups attached to an aromatic ring is 1. The molecule has 0 aromatic carbocycles. The topological polar surface area (TPSA) is 203 Å². The number of aliphatic hydroxyl groups excluding tert-OH is 2. The molecule has 2 aromatic rings. The van der Waals surface area contributed by atoms with Crippen LogP contribution in [0.3, 0.4) is 0 Å². The fraction of sp³-hybridized carbons (Fsp3) is 0.588. The maximum Gasteiger partial charge on any atom is 0.347 e. The van der Waals surface area contributed by atoms with Crippen molar-refractivity contribution in [3.8, 4) is 0 Å². The second-order valence-electron chi connectivity index (χ2n) is 7.64. The first-order valence-corrected chi connectivity index (χ1v) is 9.79. The van der Waals surface area contributed by atoms with Crippen LogP contribution >= 0.6 is 11.6 Å². The number of imidazole rings is 1. The zero-order valence-corrected chi connectivity index (χ0v) is 16.7. The molecule has 13 nitrogen and oxygen atoms in total. The Kier molecular flexibility index (Phi) is 5.47. The molecular formula is C17H20ClN5O8. The highest BCUT2D eigenvalue weighted by atomic mass is 35.5. The average Bonchev–Trinajstić information content (AvgIpc) is 3.35. The molecule has 4 atom stereocenters. The van der Waals surface area contributed by atoms with Crippen molar-refractivity contribution in [2.75, 3.05) is 12.3 Å². The van der Waals surface area contributed by atoms with Crippen LogP contribution in [0.25, 0.3) is 11.2 Å². The van der Waals surface area contributed by atoms with E-state index < -0.39 is 48.7 Å². The number of carboxylic acids is 2. The summed E-state index contributed by atoms with van der Waals surface area (Å²) in [5.74, 6) is -3.33. The van der Waals surface area contributed by atoms with Crippen LogP contribution in [0.15, 0.2) is 6.33 Å². The molecule has 4 rings (SSSR count). The molecule has 2 aromatic heterocycles. The van der Waals surface area contributed by atoms with Crippen molar-refractivity contribution in [2.45, 2.75) is 49.4 Å². The van der Waals surface area contributed by atoms with Gasteiger partial charge in [0, 0.05) is 6.42 Å². The molecule has 0 spiro atoms. The van der Waals surface area contributed by atoms with Crippen molar-refractivity contribution in [2.24, 2.45) is 5.92 Å². The van der Waals surface area contributed by atoms with E-state index >= 15 is 0 Å². The van der Waals surface area contributed by atoms with Crippen LogP contribution in [0.4, 0.5) is 5.82 Å². The number of fused-ring (bicyclic) bond motifs is 1. The molecule has 2 aliphatic rings. The third kappa shape index (κ3) is 3.78. The second kappa shape index (κ2) is 7.84. The lowest BCUT2D eigenvalue weighted by Gasteiger charge is -2.27. The van der Waals surface area contributed by atoms with Crippen LogP contribution in [0.5, 0.6) is 0 Å². The van der Waals surface area contributed by atoms with Crippen molar-refractivity contribution in [1.82, 2.24) is 19.5 Å². The second-order valence-corrected chi connectivity index (χ2v) is 7.98. The zero-order valence-electron chi connectivity index (χ0n) is 16.0. The van der Waals surface area contributed by atoms with Gasteiger partial charge in [0.05, 0.1) is 12.9 Å². The Balaban J connectivity index is 1.55. The molecule has 3 heterocycles. The molecule has 0 radical (unpaired) electrons. The summed E-state index contributed by atoms with van der Waals surface area (Å²) in [4.78, 5) is 35.3. The SMILES string of the molecule is Nc1nc(Cl)nc2c1ncn2[C@@H]1O[C@H](COC(CC2CC2)(C(=O)O)C(=O)O)[C@H](O)[C@H]1O. The lowest BCUT2D eigenvalue weighted by molar-refractivity contribution is -0.191. The molecule has 1 aliphatic heterocycles. The number of hydrogen-bond donors (Lipinski definition) is 5. The van der Waals surface area contributed by atoms with Gasteiger partial charge in [-0.05, 0) is 17.5 Å². The zero-order chi connectivity index (χ0) is 22.5. The normalized spacial score (nSPS) is 26.4. The van der Waals surface area contributed by atoms with E-state index in [9.17, 15) is 30.0 Å². The number of aliphatic carboxylic acids is 2. The van der Waals surface area contributed by atoms with Gasteiger partial charge in [-0.1, -0.05) is 12.8 Å². The van der Waals surface area contributed by atoms with Crippen LogP contribution < -0.4 is 5.73 Å². The van der Waals surface area contributed by atoms with Gasteiger partial charge < -0.3 is 35.6 Å². The van der Waals surface area contributed by atoms with E-state index in [0.717, 1.165) is 12.8 Å². The summed E-state index contributed by atoms with van der Waals surface area (Å²) in [6.07, 6.45) is -2.88. The molecule has 0 bridgehead atoms. The molecule has 168 valence electrons. The van der Waals surface area contributed by atoms with E-state index in [-0.39, 0.29) is 34.6 Å². The van der Waals surface area contributed by atoms with Crippen LogP contribution in [0.2, 0.25) is 5.28 Å². The van der Waals surface area contributed by atoms with Gasteiger partial charge in [-0.25, -0.2) is 14.6 Å². The van der Waals surface area contributed by atoms with Crippen molar-refractivity contribution in [3.05, 3.63) is 11.6 Å². The van der Waals surface area contributed by atoms with Crippen LogP contribution in [-0.2, 0) is 19.1 Å². The smallest absolute Gasteiger partial charge is 0.347 e. The Labute approximate surface area is 179 Å². The van der Waals surface area contributed by atoms with Gasteiger partial charge in [-0.2, -0.15) is 9.97 Å².